The van der Waals surface area contributed by atoms with Gasteiger partial charge in [-0.1, -0.05) is 12.1 Å². The lowest BCUT2D eigenvalue weighted by Gasteiger charge is -2.14. The van der Waals surface area contributed by atoms with Crippen molar-refractivity contribution in [1.82, 2.24) is 5.32 Å². The minimum Gasteiger partial charge on any atom is -0.475 e. The lowest BCUT2D eigenvalue weighted by atomic mass is 9.93. The van der Waals surface area contributed by atoms with Crippen LogP contribution in [-0.2, 0) is 14.9 Å². The first-order valence-electron chi connectivity index (χ1n) is 7.01. The summed E-state index contributed by atoms with van der Waals surface area (Å²) in [6.07, 6.45) is -4.07. The molecule has 1 aliphatic carbocycles. The fraction of sp³-hybridized carbons (Fsp3) is 0.467. The first-order chi connectivity index (χ1) is 11.1. The van der Waals surface area contributed by atoms with Crippen LogP contribution >= 0.6 is 0 Å². The molecule has 1 aromatic carbocycles. The zero-order chi connectivity index (χ0) is 18.1. The predicted octanol–water partition coefficient (Wildman–Crippen LogP) is 2.11. The Morgan fingerprint density at radius 2 is 2.00 bits per heavy atom. The number of carboxylic acid groups (broad SMARTS) is 1. The molecule has 1 aromatic rings. The maximum Gasteiger partial charge on any atom is 0.490 e. The summed E-state index contributed by atoms with van der Waals surface area (Å²) >= 11 is 0. The number of rotatable bonds is 2. The molecule has 0 amide bonds. The molecule has 9 heteroatoms. The van der Waals surface area contributed by atoms with E-state index in [1.54, 1.807) is 12.1 Å². The van der Waals surface area contributed by atoms with Gasteiger partial charge in [-0.3, -0.25) is 0 Å². The monoisotopic (exact) mass is 349 g/mol. The van der Waals surface area contributed by atoms with E-state index >= 15 is 0 Å². The molecule has 0 bridgehead atoms. The van der Waals surface area contributed by atoms with Gasteiger partial charge in [0.05, 0.1) is 12.7 Å². The number of nitrogens with one attached hydrogen (secondary N) is 1. The smallest absolute Gasteiger partial charge is 0.475 e. The fourth-order valence-corrected chi connectivity index (χ4v) is 2.94. The molecule has 1 heterocycles. The van der Waals surface area contributed by atoms with Gasteiger partial charge in [-0.25, -0.2) is 14.0 Å². The van der Waals surface area contributed by atoms with Gasteiger partial charge in [-0.2, -0.15) is 13.2 Å². The number of alkyl halides is 3. The lowest BCUT2D eigenvalue weighted by Crippen LogP contribution is -2.21. The summed E-state index contributed by atoms with van der Waals surface area (Å²) in [5, 5.41) is 10.4. The normalized spacial score (nSPS) is 24.5. The molecule has 0 spiro atoms. The van der Waals surface area contributed by atoms with E-state index in [2.05, 4.69) is 10.1 Å². The molecule has 0 aromatic heterocycles. The number of halogens is 4. The standard InChI is InChI=1S/C13H14FNO2.C2HF3O2/c1-17-12(16)9-3-2-4-10(11(9)14)13-5-8(13)6-15-7-13;3-2(4,5)1(6)7/h2-4,8,15H,5-7H2,1H3;(H,6,7). The molecular weight excluding hydrogens is 334 g/mol. The average Bonchev–Trinajstić information content (AvgIpc) is 3.07. The van der Waals surface area contributed by atoms with Crippen LogP contribution in [0.3, 0.4) is 0 Å². The summed E-state index contributed by atoms with van der Waals surface area (Å²) in [6.45, 7) is 1.75. The van der Waals surface area contributed by atoms with Crippen molar-refractivity contribution in [2.45, 2.75) is 18.0 Å². The summed E-state index contributed by atoms with van der Waals surface area (Å²) in [5.41, 5.74) is 0.626. The second-order valence-electron chi connectivity index (χ2n) is 5.65. The third-order valence-electron chi connectivity index (χ3n) is 4.25. The Hall–Kier alpha value is -2.16. The van der Waals surface area contributed by atoms with Crippen LogP contribution in [0.4, 0.5) is 17.6 Å². The number of fused-ring (bicyclic) bond motifs is 1. The van der Waals surface area contributed by atoms with Gasteiger partial charge in [0.2, 0.25) is 0 Å². The minimum atomic E-state index is -5.08. The molecule has 5 nitrogen and oxygen atoms in total. The van der Waals surface area contributed by atoms with Gasteiger partial charge in [-0.05, 0) is 30.5 Å². The number of hydrogen-bond acceptors (Lipinski definition) is 4. The van der Waals surface area contributed by atoms with Crippen molar-refractivity contribution >= 4 is 11.9 Å². The van der Waals surface area contributed by atoms with Gasteiger partial charge in [-0.15, -0.1) is 0 Å². The zero-order valence-corrected chi connectivity index (χ0v) is 12.6. The van der Waals surface area contributed by atoms with Crippen LogP contribution in [0.1, 0.15) is 22.3 Å². The highest BCUT2D eigenvalue weighted by Crippen LogP contribution is 2.57. The number of hydrogen-bond donors (Lipinski definition) is 2. The van der Waals surface area contributed by atoms with Gasteiger partial charge in [0.15, 0.2) is 0 Å². The van der Waals surface area contributed by atoms with Crippen molar-refractivity contribution in [2.75, 3.05) is 20.2 Å². The third-order valence-corrected chi connectivity index (χ3v) is 4.25. The highest BCUT2D eigenvalue weighted by atomic mass is 19.4. The molecule has 1 saturated heterocycles. The van der Waals surface area contributed by atoms with E-state index in [0.29, 0.717) is 11.5 Å². The van der Waals surface area contributed by atoms with Crippen LogP contribution in [0.5, 0.6) is 0 Å². The number of aliphatic carboxylic acids is 1. The van der Waals surface area contributed by atoms with E-state index in [-0.39, 0.29) is 11.0 Å². The largest absolute Gasteiger partial charge is 0.490 e. The predicted molar refractivity (Wildman–Crippen MR) is 74.1 cm³/mol. The zero-order valence-electron chi connectivity index (χ0n) is 12.6. The molecule has 2 atom stereocenters. The van der Waals surface area contributed by atoms with Crippen molar-refractivity contribution in [1.29, 1.82) is 0 Å². The molecule has 1 aliphatic heterocycles. The number of benzene rings is 1. The molecule has 0 radical (unpaired) electrons. The van der Waals surface area contributed by atoms with Gasteiger partial charge < -0.3 is 15.2 Å². The van der Waals surface area contributed by atoms with Crippen molar-refractivity contribution in [3.05, 3.63) is 35.1 Å². The van der Waals surface area contributed by atoms with E-state index in [1.165, 1.54) is 13.2 Å². The molecule has 2 unspecified atom stereocenters. The number of carboxylic acids is 1. The van der Waals surface area contributed by atoms with E-state index < -0.39 is 23.9 Å². The quantitative estimate of drug-likeness (QED) is 0.632. The minimum absolute atomic E-state index is 0.0388. The van der Waals surface area contributed by atoms with Gasteiger partial charge in [0.25, 0.3) is 0 Å². The van der Waals surface area contributed by atoms with Crippen LogP contribution < -0.4 is 5.32 Å². The SMILES string of the molecule is COC(=O)c1cccc(C23CNCC2C3)c1F.O=C(O)C(F)(F)F. The Balaban J connectivity index is 0.000000256. The average molecular weight is 349 g/mol. The van der Waals surface area contributed by atoms with Crippen LogP contribution in [0, 0.1) is 11.7 Å². The number of methoxy groups -OCH3 is 1. The maximum absolute atomic E-state index is 14.3. The number of esters is 1. The fourth-order valence-electron chi connectivity index (χ4n) is 2.94. The Labute approximate surface area is 134 Å². The van der Waals surface area contributed by atoms with Crippen molar-refractivity contribution in [3.8, 4) is 0 Å². The summed E-state index contributed by atoms with van der Waals surface area (Å²) in [5.74, 6) is -3.26. The van der Waals surface area contributed by atoms with Crippen molar-refractivity contribution in [3.63, 3.8) is 0 Å². The van der Waals surface area contributed by atoms with Crippen molar-refractivity contribution < 1.29 is 37.0 Å². The Kier molecular flexibility index (Phi) is 4.84. The second-order valence-corrected chi connectivity index (χ2v) is 5.65. The van der Waals surface area contributed by atoms with E-state index in [0.717, 1.165) is 19.5 Å². The molecule has 2 N–H and O–H groups in total. The summed E-state index contributed by atoms with van der Waals surface area (Å²) in [4.78, 5) is 20.3. The number of carbonyl (C=O) groups is 2. The van der Waals surface area contributed by atoms with Gasteiger partial charge in [0, 0.05) is 12.0 Å². The van der Waals surface area contributed by atoms with Crippen LogP contribution in [0.15, 0.2) is 18.2 Å². The highest BCUT2D eigenvalue weighted by Gasteiger charge is 2.59. The van der Waals surface area contributed by atoms with E-state index in [9.17, 15) is 22.4 Å². The number of carbonyl (C=O) groups excluding carboxylic acids is 1. The Morgan fingerprint density at radius 1 is 1.38 bits per heavy atom. The van der Waals surface area contributed by atoms with Crippen LogP contribution in [-0.4, -0.2) is 43.4 Å². The summed E-state index contributed by atoms with van der Waals surface area (Å²) in [6, 6.07) is 4.99. The molecule has 2 aliphatic rings. The van der Waals surface area contributed by atoms with E-state index in [4.69, 9.17) is 9.90 Å². The molecular formula is C15H15F4NO4. The molecule has 24 heavy (non-hydrogen) atoms. The maximum atomic E-state index is 14.3. The Morgan fingerprint density at radius 3 is 2.42 bits per heavy atom. The van der Waals surface area contributed by atoms with Crippen LogP contribution in [0.25, 0.3) is 0 Å². The molecule has 132 valence electrons. The lowest BCUT2D eigenvalue weighted by molar-refractivity contribution is -0.192. The number of piperidine rings is 1. The highest BCUT2D eigenvalue weighted by molar-refractivity contribution is 5.90. The first kappa shape index (κ1) is 18.2. The number of ether oxygens (including phenoxy) is 1. The second kappa shape index (κ2) is 6.39. The van der Waals surface area contributed by atoms with Crippen LogP contribution in [0.2, 0.25) is 0 Å². The summed E-state index contributed by atoms with van der Waals surface area (Å²) in [7, 11) is 1.27. The van der Waals surface area contributed by atoms with Crippen molar-refractivity contribution in [2.24, 2.45) is 5.92 Å². The summed E-state index contributed by atoms with van der Waals surface area (Å²) < 4.78 is 50.6. The molecule has 3 rings (SSSR count). The molecule has 2 fully saturated rings. The first-order valence-corrected chi connectivity index (χ1v) is 7.01. The van der Waals surface area contributed by atoms with Gasteiger partial charge in [0.1, 0.15) is 5.82 Å². The third kappa shape index (κ3) is 3.35. The van der Waals surface area contributed by atoms with E-state index in [1.807, 2.05) is 0 Å². The van der Waals surface area contributed by atoms with Gasteiger partial charge >= 0.3 is 18.1 Å². The Bertz CT molecular complexity index is 661. The molecule has 1 saturated carbocycles. The topological polar surface area (TPSA) is 75.6 Å².